The number of benzene rings is 1. The number of aliphatic imine (C=N–C) groups is 1. The molecule has 0 saturated carbocycles. The molecule has 28 heavy (non-hydrogen) atoms. The molecular weight excluding hydrogens is 463 g/mol. The van der Waals surface area contributed by atoms with Gasteiger partial charge in [-0.1, -0.05) is 29.8 Å². The maximum Gasteiger partial charge on any atom is 0.193 e. The van der Waals surface area contributed by atoms with Crippen molar-refractivity contribution in [1.82, 2.24) is 15.1 Å². The molecule has 2 atom stereocenters. The van der Waals surface area contributed by atoms with Gasteiger partial charge in [0.2, 0.25) is 0 Å². The number of halogens is 1. The van der Waals surface area contributed by atoms with Crippen LogP contribution < -0.4 is 5.32 Å². The molecule has 3 rings (SSSR count). The molecule has 2 unspecified atom stereocenters. The van der Waals surface area contributed by atoms with Crippen molar-refractivity contribution in [1.29, 1.82) is 0 Å². The number of likely N-dealkylation sites (tertiary alicyclic amines) is 2. The summed E-state index contributed by atoms with van der Waals surface area (Å²) in [5.41, 5.74) is 2.71. The maximum absolute atomic E-state index is 5.35. The van der Waals surface area contributed by atoms with Gasteiger partial charge < -0.3 is 15.0 Å². The van der Waals surface area contributed by atoms with E-state index in [0.717, 1.165) is 38.7 Å². The number of methoxy groups -OCH3 is 1. The van der Waals surface area contributed by atoms with Gasteiger partial charge in [-0.3, -0.25) is 9.89 Å². The number of nitrogens with one attached hydrogen (secondary N) is 1. The fourth-order valence-electron chi connectivity index (χ4n) is 4.27. The smallest absolute Gasteiger partial charge is 0.193 e. The third-order valence-corrected chi connectivity index (χ3v) is 5.78. The lowest BCUT2D eigenvalue weighted by Crippen LogP contribution is -2.41. The summed E-state index contributed by atoms with van der Waals surface area (Å²) in [7, 11) is 1.80. The van der Waals surface area contributed by atoms with Crippen molar-refractivity contribution in [3.63, 3.8) is 0 Å². The van der Waals surface area contributed by atoms with Crippen LogP contribution in [0, 0.1) is 12.8 Å². The van der Waals surface area contributed by atoms with Crippen LogP contribution in [-0.4, -0.2) is 68.7 Å². The molecule has 0 bridgehead atoms. The molecule has 2 aliphatic heterocycles. The van der Waals surface area contributed by atoms with Gasteiger partial charge in [-0.15, -0.1) is 24.0 Å². The van der Waals surface area contributed by atoms with Crippen LogP contribution in [0.1, 0.15) is 43.4 Å². The summed E-state index contributed by atoms with van der Waals surface area (Å²) in [4.78, 5) is 10.1. The van der Waals surface area contributed by atoms with Gasteiger partial charge in [0.25, 0.3) is 0 Å². The van der Waals surface area contributed by atoms with Crippen LogP contribution in [-0.2, 0) is 4.74 Å². The Labute approximate surface area is 187 Å². The van der Waals surface area contributed by atoms with E-state index in [1.807, 2.05) is 0 Å². The van der Waals surface area contributed by atoms with E-state index >= 15 is 0 Å². The van der Waals surface area contributed by atoms with Crippen LogP contribution in [0.3, 0.4) is 0 Å². The maximum atomic E-state index is 5.35. The van der Waals surface area contributed by atoms with Gasteiger partial charge in [0.15, 0.2) is 5.96 Å². The molecule has 0 radical (unpaired) electrons. The summed E-state index contributed by atoms with van der Waals surface area (Å²) in [5, 5.41) is 3.51. The summed E-state index contributed by atoms with van der Waals surface area (Å²) in [6.45, 7) is 11.3. The van der Waals surface area contributed by atoms with Gasteiger partial charge in [0, 0.05) is 32.7 Å². The molecule has 158 valence electrons. The minimum absolute atomic E-state index is 0. The fraction of sp³-hybridized carbons (Fsp3) is 0.682. The van der Waals surface area contributed by atoms with E-state index in [1.54, 1.807) is 7.11 Å². The lowest BCUT2D eigenvalue weighted by molar-refractivity contribution is 0.157. The first-order valence-electron chi connectivity index (χ1n) is 10.5. The second kappa shape index (κ2) is 12.0. The van der Waals surface area contributed by atoms with Crippen molar-refractivity contribution in [3.8, 4) is 0 Å². The van der Waals surface area contributed by atoms with Crippen LogP contribution in [0.4, 0.5) is 0 Å². The normalized spacial score (nSPS) is 21.6. The second-order valence-corrected chi connectivity index (χ2v) is 7.92. The predicted octanol–water partition coefficient (Wildman–Crippen LogP) is 3.68. The van der Waals surface area contributed by atoms with E-state index in [0.29, 0.717) is 12.0 Å². The average Bonchev–Trinajstić information content (AvgIpc) is 3.35. The van der Waals surface area contributed by atoms with Crippen LogP contribution in [0.25, 0.3) is 0 Å². The van der Waals surface area contributed by atoms with E-state index in [9.17, 15) is 0 Å². The molecule has 0 aromatic heterocycles. The van der Waals surface area contributed by atoms with Gasteiger partial charge in [0.05, 0.1) is 19.2 Å². The third-order valence-electron chi connectivity index (χ3n) is 5.78. The molecule has 1 aromatic carbocycles. The zero-order valence-electron chi connectivity index (χ0n) is 17.7. The number of hydrogen-bond donors (Lipinski definition) is 1. The molecule has 2 saturated heterocycles. The van der Waals surface area contributed by atoms with Crippen LogP contribution in [0.15, 0.2) is 29.3 Å². The Bertz CT molecular complexity index is 601. The molecule has 2 fully saturated rings. The molecule has 6 heteroatoms. The molecule has 0 aliphatic carbocycles. The van der Waals surface area contributed by atoms with Gasteiger partial charge in [-0.25, -0.2) is 0 Å². The highest BCUT2D eigenvalue weighted by Gasteiger charge is 2.26. The number of nitrogens with zero attached hydrogens (tertiary/aromatic N) is 3. The van der Waals surface area contributed by atoms with E-state index in [2.05, 4.69) is 53.2 Å². The van der Waals surface area contributed by atoms with Gasteiger partial charge in [0.1, 0.15) is 0 Å². The van der Waals surface area contributed by atoms with Gasteiger partial charge in [-0.05, 0) is 51.8 Å². The highest BCUT2D eigenvalue weighted by Crippen LogP contribution is 2.26. The third kappa shape index (κ3) is 6.32. The first-order chi connectivity index (χ1) is 13.2. The first kappa shape index (κ1) is 23.4. The molecule has 0 spiro atoms. The number of hydrogen-bond acceptors (Lipinski definition) is 3. The highest BCUT2D eigenvalue weighted by atomic mass is 127. The lowest BCUT2D eigenvalue weighted by Gasteiger charge is -2.28. The first-order valence-corrected chi connectivity index (χ1v) is 10.5. The fourth-order valence-corrected chi connectivity index (χ4v) is 4.27. The van der Waals surface area contributed by atoms with Crippen molar-refractivity contribution in [2.45, 2.75) is 39.2 Å². The second-order valence-electron chi connectivity index (χ2n) is 7.92. The zero-order chi connectivity index (χ0) is 19.1. The van der Waals surface area contributed by atoms with E-state index in [1.165, 1.54) is 43.5 Å². The largest absolute Gasteiger partial charge is 0.384 e. The quantitative estimate of drug-likeness (QED) is 0.352. The number of aryl methyl sites for hydroxylation is 1. The van der Waals surface area contributed by atoms with E-state index in [-0.39, 0.29) is 24.0 Å². The number of rotatable bonds is 7. The van der Waals surface area contributed by atoms with Crippen molar-refractivity contribution < 1.29 is 4.74 Å². The molecule has 0 amide bonds. The topological polar surface area (TPSA) is 40.1 Å². The van der Waals surface area contributed by atoms with Gasteiger partial charge >= 0.3 is 0 Å². The van der Waals surface area contributed by atoms with E-state index in [4.69, 9.17) is 9.73 Å². The standard InChI is InChI=1S/C22H36N4O.HI/c1-4-23-22(26-14-11-19(16-26)17-27-3)24-15-21(25-12-5-6-13-25)20-9-7-18(2)8-10-20;/h7-10,19,21H,4-6,11-17H2,1-3H3,(H,23,24);1H. The Balaban J connectivity index is 0.00000280. The van der Waals surface area contributed by atoms with Crippen molar-refractivity contribution in [3.05, 3.63) is 35.4 Å². The Morgan fingerprint density at radius 1 is 1.21 bits per heavy atom. The molecule has 1 N–H and O–H groups in total. The Hall–Kier alpha value is -0.860. The molecule has 1 aromatic rings. The minimum atomic E-state index is 0. The van der Waals surface area contributed by atoms with Crippen molar-refractivity contribution >= 4 is 29.9 Å². The number of ether oxygens (including phenoxy) is 1. The summed E-state index contributed by atoms with van der Waals surface area (Å²) in [5.74, 6) is 1.68. The molecule has 5 nitrogen and oxygen atoms in total. The monoisotopic (exact) mass is 500 g/mol. The summed E-state index contributed by atoms with van der Waals surface area (Å²) >= 11 is 0. The summed E-state index contributed by atoms with van der Waals surface area (Å²) < 4.78 is 5.35. The SMILES string of the molecule is CCNC(=NCC(c1ccc(C)cc1)N1CCCC1)N1CCC(COC)C1.I. The minimum Gasteiger partial charge on any atom is -0.384 e. The van der Waals surface area contributed by atoms with Crippen LogP contribution in [0.2, 0.25) is 0 Å². The average molecular weight is 500 g/mol. The zero-order valence-corrected chi connectivity index (χ0v) is 20.0. The summed E-state index contributed by atoms with van der Waals surface area (Å²) in [6.07, 6.45) is 3.79. The lowest BCUT2D eigenvalue weighted by atomic mass is 10.0. The molecule has 2 aliphatic rings. The Morgan fingerprint density at radius 3 is 2.57 bits per heavy atom. The van der Waals surface area contributed by atoms with Gasteiger partial charge in [-0.2, -0.15) is 0 Å². The molecular formula is C22H37IN4O. The summed E-state index contributed by atoms with van der Waals surface area (Å²) in [6, 6.07) is 9.39. The van der Waals surface area contributed by atoms with Crippen LogP contribution in [0.5, 0.6) is 0 Å². The number of guanidine groups is 1. The Morgan fingerprint density at radius 2 is 1.93 bits per heavy atom. The van der Waals surface area contributed by atoms with E-state index < -0.39 is 0 Å². The highest BCUT2D eigenvalue weighted by molar-refractivity contribution is 14.0. The predicted molar refractivity (Wildman–Crippen MR) is 128 cm³/mol. The van der Waals surface area contributed by atoms with Crippen molar-refractivity contribution in [2.24, 2.45) is 10.9 Å². The van der Waals surface area contributed by atoms with Crippen LogP contribution >= 0.6 is 24.0 Å². The van der Waals surface area contributed by atoms with Crippen molar-refractivity contribution in [2.75, 3.05) is 53.0 Å². The Kier molecular flexibility index (Phi) is 10.0. The molecule has 2 heterocycles.